The Labute approximate surface area is 153 Å². The third-order valence-corrected chi connectivity index (χ3v) is 3.01. The number of rotatable bonds is 14. The number of carbonyl (C=O) groups excluding carboxylic acids is 2. The Morgan fingerprint density at radius 2 is 1.38 bits per heavy atom. The van der Waals surface area contributed by atoms with Gasteiger partial charge in [0.15, 0.2) is 0 Å². The molecule has 0 spiro atoms. The summed E-state index contributed by atoms with van der Waals surface area (Å²) in [6, 6.07) is 9.47. The molecule has 0 bridgehead atoms. The molecule has 146 valence electrons. The second-order valence-electron chi connectivity index (χ2n) is 5.17. The standard InChI is InChI=1S/C18H27NO7/c1-16(20)25-14-13-24-12-11-23-10-9-22-8-7-19-18(21)26-15-17-5-3-2-4-6-17/h2-6H,7-15H2,1H3,(H,19,21). The Morgan fingerprint density at radius 3 is 2.00 bits per heavy atom. The minimum atomic E-state index is -0.473. The van der Waals surface area contributed by atoms with Gasteiger partial charge < -0.3 is 29.0 Å². The normalized spacial score (nSPS) is 10.3. The predicted octanol–water partition coefficient (Wildman–Crippen LogP) is 1.53. The van der Waals surface area contributed by atoms with Crippen molar-refractivity contribution in [2.24, 2.45) is 0 Å². The van der Waals surface area contributed by atoms with Crippen molar-refractivity contribution in [3.8, 4) is 0 Å². The highest BCUT2D eigenvalue weighted by atomic mass is 16.6. The lowest BCUT2D eigenvalue weighted by atomic mass is 10.2. The Bertz CT molecular complexity index is 496. The Balaban J connectivity index is 1.80. The van der Waals surface area contributed by atoms with Crippen molar-refractivity contribution in [3.63, 3.8) is 0 Å². The van der Waals surface area contributed by atoms with Gasteiger partial charge in [0, 0.05) is 13.5 Å². The molecule has 0 aliphatic heterocycles. The molecule has 0 aliphatic rings. The molecule has 0 aromatic heterocycles. The predicted molar refractivity (Wildman–Crippen MR) is 93.7 cm³/mol. The van der Waals surface area contributed by atoms with E-state index >= 15 is 0 Å². The first-order valence-electron chi connectivity index (χ1n) is 8.49. The lowest BCUT2D eigenvalue weighted by Crippen LogP contribution is -2.28. The van der Waals surface area contributed by atoms with Gasteiger partial charge in [0.1, 0.15) is 13.2 Å². The van der Waals surface area contributed by atoms with E-state index < -0.39 is 6.09 Å². The molecule has 1 aromatic rings. The van der Waals surface area contributed by atoms with E-state index in [1.54, 1.807) is 0 Å². The van der Waals surface area contributed by atoms with Crippen LogP contribution in [0.15, 0.2) is 30.3 Å². The molecule has 0 atom stereocenters. The van der Waals surface area contributed by atoms with E-state index in [1.807, 2.05) is 30.3 Å². The van der Waals surface area contributed by atoms with Crippen LogP contribution in [0.2, 0.25) is 0 Å². The summed E-state index contributed by atoms with van der Waals surface area (Å²) in [5.41, 5.74) is 0.936. The smallest absolute Gasteiger partial charge is 0.407 e. The van der Waals surface area contributed by atoms with Gasteiger partial charge in [-0.05, 0) is 5.56 Å². The molecule has 26 heavy (non-hydrogen) atoms. The first kappa shape index (κ1) is 21.9. The van der Waals surface area contributed by atoms with Crippen LogP contribution >= 0.6 is 0 Å². The number of carbonyl (C=O) groups is 2. The van der Waals surface area contributed by atoms with Crippen molar-refractivity contribution in [1.82, 2.24) is 5.32 Å². The van der Waals surface area contributed by atoms with Gasteiger partial charge in [0.25, 0.3) is 0 Å². The van der Waals surface area contributed by atoms with E-state index in [1.165, 1.54) is 6.92 Å². The monoisotopic (exact) mass is 369 g/mol. The maximum atomic E-state index is 11.5. The van der Waals surface area contributed by atoms with Gasteiger partial charge in [-0.2, -0.15) is 0 Å². The second kappa shape index (κ2) is 15.1. The molecule has 8 nitrogen and oxygen atoms in total. The van der Waals surface area contributed by atoms with Gasteiger partial charge in [-0.3, -0.25) is 4.79 Å². The first-order valence-corrected chi connectivity index (χ1v) is 8.49. The topological polar surface area (TPSA) is 92.3 Å². The minimum Gasteiger partial charge on any atom is -0.463 e. The Morgan fingerprint density at radius 1 is 0.808 bits per heavy atom. The van der Waals surface area contributed by atoms with Crippen LogP contribution in [0.25, 0.3) is 0 Å². The van der Waals surface area contributed by atoms with Crippen molar-refractivity contribution in [3.05, 3.63) is 35.9 Å². The molecule has 0 saturated carbocycles. The van der Waals surface area contributed by atoms with Crippen molar-refractivity contribution in [1.29, 1.82) is 0 Å². The summed E-state index contributed by atoms with van der Waals surface area (Å²) in [4.78, 5) is 22.0. The van der Waals surface area contributed by atoms with Gasteiger partial charge in [0.2, 0.25) is 0 Å². The largest absolute Gasteiger partial charge is 0.463 e. The van der Waals surface area contributed by atoms with Crippen LogP contribution in [-0.4, -0.2) is 64.9 Å². The summed E-state index contributed by atoms with van der Waals surface area (Å²) >= 11 is 0. The van der Waals surface area contributed by atoms with E-state index in [4.69, 9.17) is 23.7 Å². The molecule has 0 saturated heterocycles. The second-order valence-corrected chi connectivity index (χ2v) is 5.17. The molecule has 0 aliphatic carbocycles. The Kier molecular flexibility index (Phi) is 12.7. The van der Waals surface area contributed by atoms with Crippen LogP contribution in [0.4, 0.5) is 4.79 Å². The van der Waals surface area contributed by atoms with E-state index in [2.05, 4.69) is 5.32 Å². The van der Waals surface area contributed by atoms with E-state index in [-0.39, 0.29) is 19.2 Å². The average molecular weight is 369 g/mol. The van der Waals surface area contributed by atoms with Crippen LogP contribution < -0.4 is 5.32 Å². The van der Waals surface area contributed by atoms with Gasteiger partial charge in [-0.25, -0.2) is 4.79 Å². The highest BCUT2D eigenvalue weighted by Crippen LogP contribution is 2.00. The molecule has 1 rings (SSSR count). The van der Waals surface area contributed by atoms with Crippen molar-refractivity contribution < 1.29 is 33.3 Å². The van der Waals surface area contributed by atoms with Crippen molar-refractivity contribution >= 4 is 12.1 Å². The maximum absolute atomic E-state index is 11.5. The fourth-order valence-corrected chi connectivity index (χ4v) is 1.79. The number of esters is 1. The molecule has 0 radical (unpaired) electrons. The molecular formula is C18H27NO7. The number of nitrogens with one attached hydrogen (secondary N) is 1. The molecule has 1 aromatic carbocycles. The van der Waals surface area contributed by atoms with Crippen LogP contribution in [0.3, 0.4) is 0 Å². The first-order chi connectivity index (χ1) is 12.7. The van der Waals surface area contributed by atoms with Crippen molar-refractivity contribution in [2.45, 2.75) is 13.5 Å². The quantitative estimate of drug-likeness (QED) is 0.393. The van der Waals surface area contributed by atoms with Crippen LogP contribution in [0, 0.1) is 0 Å². The highest BCUT2D eigenvalue weighted by molar-refractivity contribution is 5.67. The zero-order valence-corrected chi connectivity index (χ0v) is 15.1. The van der Waals surface area contributed by atoms with Gasteiger partial charge >= 0.3 is 12.1 Å². The number of hydrogen-bond acceptors (Lipinski definition) is 7. The minimum absolute atomic E-state index is 0.240. The summed E-state index contributed by atoms with van der Waals surface area (Å²) in [6.07, 6.45) is -0.473. The number of ether oxygens (including phenoxy) is 5. The maximum Gasteiger partial charge on any atom is 0.407 e. The fraction of sp³-hybridized carbons (Fsp3) is 0.556. The number of hydrogen-bond donors (Lipinski definition) is 1. The summed E-state index contributed by atoms with van der Waals surface area (Å²) < 4.78 is 25.6. The number of alkyl carbamates (subject to hydrolysis) is 1. The van der Waals surface area contributed by atoms with Crippen LogP contribution in [0.1, 0.15) is 12.5 Å². The van der Waals surface area contributed by atoms with Crippen LogP contribution in [0.5, 0.6) is 0 Å². The van der Waals surface area contributed by atoms with Gasteiger partial charge in [0.05, 0.1) is 39.6 Å². The molecule has 1 N–H and O–H groups in total. The molecule has 8 heteroatoms. The highest BCUT2D eigenvalue weighted by Gasteiger charge is 2.01. The molecule has 0 heterocycles. The summed E-state index contributed by atoms with van der Waals surface area (Å²) in [6.45, 7) is 4.67. The lowest BCUT2D eigenvalue weighted by molar-refractivity contribution is -0.142. The zero-order valence-electron chi connectivity index (χ0n) is 15.1. The third-order valence-electron chi connectivity index (χ3n) is 3.01. The summed E-state index contributed by atoms with van der Waals surface area (Å²) in [5, 5.41) is 2.61. The van der Waals surface area contributed by atoms with E-state index in [0.717, 1.165) is 5.56 Å². The zero-order chi connectivity index (χ0) is 18.9. The number of benzene rings is 1. The number of amides is 1. The third kappa shape index (κ3) is 13.2. The summed E-state index contributed by atoms with van der Waals surface area (Å²) in [5.74, 6) is -0.319. The Hall–Kier alpha value is -2.16. The van der Waals surface area contributed by atoms with E-state index in [0.29, 0.717) is 46.2 Å². The SMILES string of the molecule is CC(=O)OCCOCCOCCOCCNC(=O)OCc1ccccc1. The molecule has 1 amide bonds. The molecule has 0 unspecified atom stereocenters. The molecule has 0 fully saturated rings. The van der Waals surface area contributed by atoms with E-state index in [9.17, 15) is 9.59 Å². The van der Waals surface area contributed by atoms with Gasteiger partial charge in [-0.15, -0.1) is 0 Å². The van der Waals surface area contributed by atoms with Crippen LogP contribution in [-0.2, 0) is 35.1 Å². The summed E-state index contributed by atoms with van der Waals surface area (Å²) in [7, 11) is 0. The van der Waals surface area contributed by atoms with Gasteiger partial charge in [-0.1, -0.05) is 30.3 Å². The van der Waals surface area contributed by atoms with Crippen molar-refractivity contribution in [2.75, 3.05) is 52.8 Å². The average Bonchev–Trinajstić information content (AvgIpc) is 2.64. The fourth-order valence-electron chi connectivity index (χ4n) is 1.79. The molecular weight excluding hydrogens is 342 g/mol. The lowest BCUT2D eigenvalue weighted by Gasteiger charge is -2.08.